The highest BCUT2D eigenvalue weighted by Crippen LogP contribution is 2.44. The molecule has 0 bridgehead atoms. The van der Waals surface area contributed by atoms with Crippen LogP contribution in [0.15, 0.2) is 48.5 Å². The number of ether oxygens (including phenoxy) is 1. The Morgan fingerprint density at radius 2 is 1.73 bits per heavy atom. The number of benzene rings is 2. The maximum Gasteiger partial charge on any atom is 0.407 e. The third-order valence-electron chi connectivity index (χ3n) is 5.50. The summed E-state index contributed by atoms with van der Waals surface area (Å²) in [5.74, 6) is 0.108. The molecule has 2 N–H and O–H groups in total. The van der Waals surface area contributed by atoms with Gasteiger partial charge in [-0.25, -0.2) is 4.79 Å². The molecule has 1 amide bonds. The predicted octanol–water partition coefficient (Wildman–Crippen LogP) is 3.91. The topological polar surface area (TPSA) is 50.4 Å². The zero-order chi connectivity index (χ0) is 18.1. The Morgan fingerprint density at radius 3 is 2.31 bits per heavy atom. The Morgan fingerprint density at radius 1 is 1.12 bits per heavy atom. The van der Waals surface area contributed by atoms with Crippen molar-refractivity contribution in [2.75, 3.05) is 19.7 Å². The molecule has 2 aromatic rings. The van der Waals surface area contributed by atoms with Gasteiger partial charge in [-0.2, -0.15) is 0 Å². The molecular weight excluding hydrogens is 324 g/mol. The van der Waals surface area contributed by atoms with Crippen molar-refractivity contribution in [1.29, 1.82) is 0 Å². The fourth-order valence-electron chi connectivity index (χ4n) is 4.23. The number of carbonyl (C=O) groups is 1. The second-order valence-corrected chi connectivity index (χ2v) is 8.15. The van der Waals surface area contributed by atoms with Crippen molar-refractivity contribution in [2.45, 2.75) is 32.2 Å². The van der Waals surface area contributed by atoms with Crippen LogP contribution < -0.4 is 10.6 Å². The summed E-state index contributed by atoms with van der Waals surface area (Å²) in [5.41, 5.74) is 5.26. The average Bonchev–Trinajstić information content (AvgIpc) is 3.15. The molecular formula is C22H26N2O2. The van der Waals surface area contributed by atoms with Gasteiger partial charge in [-0.1, -0.05) is 62.4 Å². The van der Waals surface area contributed by atoms with Gasteiger partial charge in [-0.05, 0) is 34.1 Å². The molecule has 1 atom stereocenters. The monoisotopic (exact) mass is 350 g/mol. The Labute approximate surface area is 155 Å². The number of hydrogen-bond acceptors (Lipinski definition) is 3. The van der Waals surface area contributed by atoms with Crippen LogP contribution in [-0.4, -0.2) is 31.8 Å². The SMILES string of the molecule is CC1(C)CN[C@@H](CNC(=O)OCC2c3ccccc3-c3ccccc32)C1. The zero-order valence-electron chi connectivity index (χ0n) is 15.4. The zero-order valence-corrected chi connectivity index (χ0v) is 15.4. The van der Waals surface area contributed by atoms with E-state index < -0.39 is 0 Å². The maximum atomic E-state index is 12.2. The van der Waals surface area contributed by atoms with E-state index in [1.54, 1.807) is 0 Å². The second-order valence-electron chi connectivity index (χ2n) is 8.15. The van der Waals surface area contributed by atoms with E-state index in [2.05, 4.69) is 60.9 Å². The molecule has 1 heterocycles. The molecule has 4 nitrogen and oxygen atoms in total. The predicted molar refractivity (Wildman–Crippen MR) is 103 cm³/mol. The molecule has 0 unspecified atom stereocenters. The number of rotatable bonds is 4. The number of fused-ring (bicyclic) bond motifs is 3. The molecule has 136 valence electrons. The van der Waals surface area contributed by atoms with Crippen LogP contribution in [0.3, 0.4) is 0 Å². The molecule has 0 aromatic heterocycles. The van der Waals surface area contributed by atoms with Crippen molar-refractivity contribution in [3.63, 3.8) is 0 Å². The fraction of sp³-hybridized carbons (Fsp3) is 0.409. The lowest BCUT2D eigenvalue weighted by Gasteiger charge is -2.17. The van der Waals surface area contributed by atoms with E-state index in [1.165, 1.54) is 22.3 Å². The first-order valence-corrected chi connectivity index (χ1v) is 9.36. The minimum absolute atomic E-state index is 0.108. The number of amides is 1. The molecule has 26 heavy (non-hydrogen) atoms. The van der Waals surface area contributed by atoms with Crippen LogP contribution in [0.2, 0.25) is 0 Å². The highest BCUT2D eigenvalue weighted by Gasteiger charge is 2.31. The minimum Gasteiger partial charge on any atom is -0.449 e. The normalized spacial score (nSPS) is 20.5. The molecule has 2 aromatic carbocycles. The van der Waals surface area contributed by atoms with E-state index in [4.69, 9.17) is 4.74 Å². The van der Waals surface area contributed by atoms with E-state index in [1.807, 2.05) is 12.1 Å². The summed E-state index contributed by atoms with van der Waals surface area (Å²) in [6.45, 7) is 6.45. The summed E-state index contributed by atoms with van der Waals surface area (Å²) in [7, 11) is 0. The highest BCUT2D eigenvalue weighted by molar-refractivity contribution is 5.79. The molecule has 0 radical (unpaired) electrons. The lowest BCUT2D eigenvalue weighted by Crippen LogP contribution is -2.37. The van der Waals surface area contributed by atoms with E-state index in [0.29, 0.717) is 24.6 Å². The molecule has 4 heteroatoms. The highest BCUT2D eigenvalue weighted by atomic mass is 16.5. The van der Waals surface area contributed by atoms with Gasteiger partial charge in [0.05, 0.1) is 0 Å². The van der Waals surface area contributed by atoms with Crippen molar-refractivity contribution < 1.29 is 9.53 Å². The molecule has 1 aliphatic carbocycles. The molecule has 0 saturated carbocycles. The second kappa shape index (κ2) is 6.76. The van der Waals surface area contributed by atoms with E-state index in [0.717, 1.165) is 13.0 Å². The van der Waals surface area contributed by atoms with Crippen molar-refractivity contribution in [3.8, 4) is 11.1 Å². The smallest absolute Gasteiger partial charge is 0.407 e. The molecule has 0 spiro atoms. The number of nitrogens with one attached hydrogen (secondary N) is 2. The third kappa shape index (κ3) is 3.34. The number of alkyl carbamates (subject to hydrolysis) is 1. The van der Waals surface area contributed by atoms with Crippen LogP contribution >= 0.6 is 0 Å². The van der Waals surface area contributed by atoms with Crippen LogP contribution in [0.25, 0.3) is 11.1 Å². The Balaban J connectivity index is 1.37. The third-order valence-corrected chi connectivity index (χ3v) is 5.50. The van der Waals surface area contributed by atoms with Gasteiger partial charge in [0.2, 0.25) is 0 Å². The number of carbonyl (C=O) groups excluding carboxylic acids is 1. The van der Waals surface area contributed by atoms with Crippen LogP contribution in [0, 0.1) is 5.41 Å². The van der Waals surface area contributed by atoms with Gasteiger partial charge in [0.15, 0.2) is 0 Å². The molecule has 1 fully saturated rings. The first-order chi connectivity index (χ1) is 12.5. The van der Waals surface area contributed by atoms with Gasteiger partial charge in [0.25, 0.3) is 0 Å². The van der Waals surface area contributed by atoms with Gasteiger partial charge in [0.1, 0.15) is 6.61 Å². The van der Waals surface area contributed by atoms with Crippen molar-refractivity contribution in [2.24, 2.45) is 5.41 Å². The van der Waals surface area contributed by atoms with Crippen LogP contribution in [0.5, 0.6) is 0 Å². The summed E-state index contributed by atoms with van der Waals surface area (Å²) in [5, 5.41) is 6.37. The molecule has 1 saturated heterocycles. The first kappa shape index (κ1) is 17.1. The fourth-order valence-corrected chi connectivity index (χ4v) is 4.23. The lowest BCUT2D eigenvalue weighted by molar-refractivity contribution is 0.142. The summed E-state index contributed by atoms with van der Waals surface area (Å²) < 4.78 is 5.57. The molecule has 2 aliphatic rings. The minimum atomic E-state index is -0.335. The summed E-state index contributed by atoms with van der Waals surface area (Å²) in [6, 6.07) is 17.1. The van der Waals surface area contributed by atoms with E-state index in [9.17, 15) is 4.79 Å². The Kier molecular flexibility index (Phi) is 4.45. The van der Waals surface area contributed by atoms with Gasteiger partial charge >= 0.3 is 6.09 Å². The summed E-state index contributed by atoms with van der Waals surface area (Å²) in [6.07, 6.45) is 0.731. The van der Waals surface area contributed by atoms with Gasteiger partial charge < -0.3 is 15.4 Å². The van der Waals surface area contributed by atoms with Crippen molar-refractivity contribution in [1.82, 2.24) is 10.6 Å². The van der Waals surface area contributed by atoms with E-state index >= 15 is 0 Å². The number of hydrogen-bond donors (Lipinski definition) is 2. The van der Waals surface area contributed by atoms with Gasteiger partial charge in [0, 0.05) is 25.0 Å². The maximum absolute atomic E-state index is 12.2. The average molecular weight is 350 g/mol. The molecule has 4 rings (SSSR count). The summed E-state index contributed by atoms with van der Waals surface area (Å²) in [4.78, 5) is 12.2. The van der Waals surface area contributed by atoms with Crippen LogP contribution in [0.1, 0.15) is 37.3 Å². The van der Waals surface area contributed by atoms with Gasteiger partial charge in [-0.15, -0.1) is 0 Å². The quantitative estimate of drug-likeness (QED) is 0.879. The van der Waals surface area contributed by atoms with Crippen LogP contribution in [-0.2, 0) is 4.74 Å². The Bertz CT molecular complexity index is 770. The van der Waals surface area contributed by atoms with Gasteiger partial charge in [-0.3, -0.25) is 0 Å². The van der Waals surface area contributed by atoms with Crippen LogP contribution in [0.4, 0.5) is 4.79 Å². The van der Waals surface area contributed by atoms with Crippen molar-refractivity contribution >= 4 is 6.09 Å². The Hall–Kier alpha value is -2.33. The van der Waals surface area contributed by atoms with Crippen molar-refractivity contribution in [3.05, 3.63) is 59.7 Å². The molecule has 1 aliphatic heterocycles. The first-order valence-electron chi connectivity index (χ1n) is 9.36. The standard InChI is InChI=1S/C22H26N2O2/c1-22(2)11-15(24-14-22)12-23-21(25)26-13-20-18-9-5-3-7-16(18)17-8-4-6-10-19(17)20/h3-10,15,20,24H,11-14H2,1-2H3,(H,23,25)/t15-/m1/s1. The summed E-state index contributed by atoms with van der Waals surface area (Å²) >= 11 is 0. The van der Waals surface area contributed by atoms with E-state index in [-0.39, 0.29) is 12.0 Å². The largest absolute Gasteiger partial charge is 0.449 e. The lowest BCUT2D eigenvalue weighted by atomic mass is 9.91.